The molecule has 5 heteroatoms. The summed E-state index contributed by atoms with van der Waals surface area (Å²) in [4.78, 5) is 5.44. The molecule has 0 aliphatic heterocycles. The minimum absolute atomic E-state index is 0.412. The lowest BCUT2D eigenvalue weighted by Gasteiger charge is -2.03. The molecule has 1 aromatic carbocycles. The van der Waals surface area contributed by atoms with Crippen molar-refractivity contribution in [3.05, 3.63) is 57.3 Å². The number of nitrogens with zero attached hydrogens (tertiary/aromatic N) is 1. The first kappa shape index (κ1) is 12.7. The molecule has 19 heavy (non-hydrogen) atoms. The van der Waals surface area contributed by atoms with Gasteiger partial charge in [0, 0.05) is 3.57 Å². The number of aromatic nitrogens is 1. The minimum Gasteiger partial charge on any atom is -0.487 e. The number of hydrogen-bond acceptors (Lipinski definition) is 4. The predicted octanol–water partition coefficient (Wildman–Crippen LogP) is 4.59. The molecule has 0 aliphatic rings. The molecule has 0 spiro atoms. The molecule has 0 fully saturated rings. The van der Waals surface area contributed by atoms with Gasteiger partial charge in [0.25, 0.3) is 0 Å². The van der Waals surface area contributed by atoms with Crippen LogP contribution >= 0.6 is 33.9 Å². The van der Waals surface area contributed by atoms with Crippen LogP contribution in [0.15, 0.2) is 52.5 Å². The van der Waals surface area contributed by atoms with E-state index in [1.165, 1.54) is 0 Å². The molecule has 96 valence electrons. The third kappa shape index (κ3) is 3.16. The Balaban J connectivity index is 1.68. The van der Waals surface area contributed by atoms with Gasteiger partial charge in [-0.1, -0.05) is 12.1 Å². The van der Waals surface area contributed by atoms with E-state index in [4.69, 9.17) is 9.15 Å². The first-order valence-electron chi connectivity index (χ1n) is 5.68. The number of hydrogen-bond donors (Lipinski definition) is 0. The fraction of sp³-hybridized carbons (Fsp3) is 0.0714. The second-order valence-electron chi connectivity index (χ2n) is 3.87. The van der Waals surface area contributed by atoms with Crippen molar-refractivity contribution < 1.29 is 9.15 Å². The number of oxazole rings is 1. The van der Waals surface area contributed by atoms with E-state index in [0.717, 1.165) is 19.9 Å². The van der Waals surface area contributed by atoms with Crippen LogP contribution in [-0.4, -0.2) is 4.98 Å². The van der Waals surface area contributed by atoms with Gasteiger partial charge < -0.3 is 9.15 Å². The molecule has 0 unspecified atom stereocenters. The first-order chi connectivity index (χ1) is 9.31. The zero-order valence-corrected chi connectivity index (χ0v) is 12.8. The average molecular weight is 383 g/mol. The van der Waals surface area contributed by atoms with Crippen LogP contribution in [0.25, 0.3) is 10.8 Å². The topological polar surface area (TPSA) is 35.3 Å². The third-order valence-electron chi connectivity index (χ3n) is 2.47. The summed E-state index contributed by atoms with van der Waals surface area (Å²) < 4.78 is 12.3. The lowest BCUT2D eigenvalue weighted by Crippen LogP contribution is -1.95. The molecule has 0 amide bonds. The molecule has 0 saturated heterocycles. The number of thiophene rings is 1. The Bertz CT molecular complexity index is 664. The summed E-state index contributed by atoms with van der Waals surface area (Å²) in [6.07, 6.45) is 1.64. The van der Waals surface area contributed by atoms with E-state index in [2.05, 4.69) is 27.6 Å². The maximum absolute atomic E-state index is 5.68. The largest absolute Gasteiger partial charge is 0.487 e. The van der Waals surface area contributed by atoms with Crippen LogP contribution in [0.3, 0.4) is 0 Å². The zero-order chi connectivity index (χ0) is 13.1. The van der Waals surface area contributed by atoms with E-state index in [-0.39, 0.29) is 0 Å². The molecule has 0 aliphatic carbocycles. The summed E-state index contributed by atoms with van der Waals surface area (Å²) in [5, 5.41) is 2.00. The van der Waals surface area contributed by atoms with Gasteiger partial charge >= 0.3 is 0 Å². The van der Waals surface area contributed by atoms with Crippen molar-refractivity contribution >= 4 is 33.9 Å². The van der Waals surface area contributed by atoms with E-state index >= 15 is 0 Å². The van der Waals surface area contributed by atoms with Gasteiger partial charge in [0.2, 0.25) is 5.89 Å². The van der Waals surface area contributed by atoms with Crippen LogP contribution in [0.5, 0.6) is 5.75 Å². The van der Waals surface area contributed by atoms with Crippen molar-refractivity contribution in [3.8, 4) is 16.5 Å². The minimum atomic E-state index is 0.412. The van der Waals surface area contributed by atoms with E-state index in [1.807, 2.05) is 41.8 Å². The number of benzene rings is 1. The Morgan fingerprint density at radius 3 is 3.00 bits per heavy atom. The summed E-state index contributed by atoms with van der Waals surface area (Å²) in [6, 6.07) is 11.9. The SMILES string of the molecule is Ic1cccc(OCc2coc(-c3cccs3)n2)c1. The molecular weight excluding hydrogens is 373 g/mol. The number of rotatable bonds is 4. The maximum Gasteiger partial charge on any atom is 0.236 e. The Morgan fingerprint density at radius 2 is 2.21 bits per heavy atom. The highest BCUT2D eigenvalue weighted by Crippen LogP contribution is 2.24. The Morgan fingerprint density at radius 1 is 1.26 bits per heavy atom. The lowest BCUT2D eigenvalue weighted by atomic mass is 10.3. The van der Waals surface area contributed by atoms with E-state index in [0.29, 0.717) is 12.5 Å². The van der Waals surface area contributed by atoms with Gasteiger partial charge in [-0.15, -0.1) is 11.3 Å². The summed E-state index contributed by atoms with van der Waals surface area (Å²) >= 11 is 3.87. The molecule has 0 saturated carbocycles. The van der Waals surface area contributed by atoms with E-state index in [1.54, 1.807) is 17.6 Å². The molecule has 3 rings (SSSR count). The van der Waals surface area contributed by atoms with Crippen molar-refractivity contribution in [2.75, 3.05) is 0 Å². The van der Waals surface area contributed by atoms with Gasteiger partial charge in [-0.3, -0.25) is 0 Å². The van der Waals surface area contributed by atoms with Gasteiger partial charge in [-0.05, 0) is 52.2 Å². The summed E-state index contributed by atoms with van der Waals surface area (Å²) in [5.41, 5.74) is 0.794. The second-order valence-corrected chi connectivity index (χ2v) is 6.06. The van der Waals surface area contributed by atoms with E-state index in [9.17, 15) is 0 Å². The Hall–Kier alpha value is -1.34. The van der Waals surface area contributed by atoms with Gasteiger partial charge in [-0.25, -0.2) is 4.98 Å². The quantitative estimate of drug-likeness (QED) is 0.619. The highest BCUT2D eigenvalue weighted by Gasteiger charge is 2.07. The Kier molecular flexibility index (Phi) is 3.84. The lowest BCUT2D eigenvalue weighted by molar-refractivity contribution is 0.301. The molecule has 0 bridgehead atoms. The van der Waals surface area contributed by atoms with Crippen molar-refractivity contribution in [3.63, 3.8) is 0 Å². The molecule has 0 radical (unpaired) electrons. The van der Waals surface area contributed by atoms with Crippen LogP contribution in [0, 0.1) is 3.57 Å². The molecule has 0 N–H and O–H groups in total. The molecular formula is C14H10INO2S. The molecule has 2 heterocycles. The Labute approximate surface area is 128 Å². The fourth-order valence-corrected chi connectivity index (χ4v) is 2.77. The normalized spacial score (nSPS) is 10.6. The third-order valence-corrected chi connectivity index (χ3v) is 4.00. The molecule has 2 aromatic heterocycles. The number of ether oxygens (including phenoxy) is 1. The van der Waals surface area contributed by atoms with E-state index < -0.39 is 0 Å². The van der Waals surface area contributed by atoms with Crippen LogP contribution in [0.4, 0.5) is 0 Å². The maximum atomic E-state index is 5.68. The fourth-order valence-electron chi connectivity index (χ4n) is 1.60. The van der Waals surface area contributed by atoms with Crippen LogP contribution in [-0.2, 0) is 6.61 Å². The zero-order valence-electron chi connectivity index (χ0n) is 9.88. The van der Waals surface area contributed by atoms with Crippen molar-refractivity contribution in [2.24, 2.45) is 0 Å². The van der Waals surface area contributed by atoms with Gasteiger partial charge in [-0.2, -0.15) is 0 Å². The van der Waals surface area contributed by atoms with Crippen molar-refractivity contribution in [2.45, 2.75) is 6.61 Å². The highest BCUT2D eigenvalue weighted by atomic mass is 127. The summed E-state index contributed by atoms with van der Waals surface area (Å²) in [5.74, 6) is 1.49. The molecule has 3 nitrogen and oxygen atoms in total. The molecule has 3 aromatic rings. The standard InChI is InChI=1S/C14H10INO2S/c15-10-3-1-4-12(7-10)17-8-11-9-18-14(16-11)13-5-2-6-19-13/h1-7,9H,8H2. The highest BCUT2D eigenvalue weighted by molar-refractivity contribution is 14.1. The second kappa shape index (κ2) is 5.75. The van der Waals surface area contributed by atoms with Gasteiger partial charge in [0.05, 0.1) is 4.88 Å². The van der Waals surface area contributed by atoms with Crippen molar-refractivity contribution in [1.29, 1.82) is 0 Å². The van der Waals surface area contributed by atoms with Crippen molar-refractivity contribution in [1.82, 2.24) is 4.98 Å². The van der Waals surface area contributed by atoms with Crippen LogP contribution in [0.1, 0.15) is 5.69 Å². The van der Waals surface area contributed by atoms with Gasteiger partial charge in [0.15, 0.2) is 0 Å². The summed E-state index contributed by atoms with van der Waals surface area (Å²) in [6.45, 7) is 0.412. The summed E-state index contributed by atoms with van der Waals surface area (Å²) in [7, 11) is 0. The average Bonchev–Trinajstić information content (AvgIpc) is 3.07. The van der Waals surface area contributed by atoms with Crippen LogP contribution < -0.4 is 4.74 Å². The monoisotopic (exact) mass is 383 g/mol. The number of halogens is 1. The smallest absolute Gasteiger partial charge is 0.236 e. The van der Waals surface area contributed by atoms with Gasteiger partial charge in [0.1, 0.15) is 24.3 Å². The molecule has 0 atom stereocenters. The first-order valence-corrected chi connectivity index (χ1v) is 7.64. The predicted molar refractivity (Wildman–Crippen MR) is 83.3 cm³/mol. The van der Waals surface area contributed by atoms with Crippen LogP contribution in [0.2, 0.25) is 0 Å².